The van der Waals surface area contributed by atoms with Gasteiger partial charge in [0.25, 0.3) is 0 Å². The van der Waals surface area contributed by atoms with Crippen LogP contribution >= 0.6 is 0 Å². The van der Waals surface area contributed by atoms with Crippen LogP contribution in [0.15, 0.2) is 77.9 Å². The molecule has 170 valence electrons. The van der Waals surface area contributed by atoms with E-state index in [-0.39, 0.29) is 6.04 Å². The summed E-state index contributed by atoms with van der Waals surface area (Å²) < 4.78 is 9.43. The Morgan fingerprint density at radius 3 is 2.80 bits per heavy atom. The van der Waals surface area contributed by atoms with Gasteiger partial charge in [0.2, 0.25) is 5.89 Å². The highest BCUT2D eigenvalue weighted by Gasteiger charge is 2.26. The Morgan fingerprint density at radius 2 is 1.97 bits per heavy atom. The van der Waals surface area contributed by atoms with Crippen LogP contribution in [0.5, 0.6) is 0 Å². The zero-order chi connectivity index (χ0) is 23.4. The van der Waals surface area contributed by atoms with Crippen molar-refractivity contribution >= 4 is 17.0 Å². The van der Waals surface area contributed by atoms with Crippen molar-refractivity contribution in [1.29, 1.82) is 0 Å². The molecule has 0 aliphatic heterocycles. The molecule has 10 heteroatoms. The lowest BCUT2D eigenvalue weighted by Crippen LogP contribution is -2.08. The third-order valence-corrected chi connectivity index (χ3v) is 6.43. The van der Waals surface area contributed by atoms with Crippen LogP contribution in [0.25, 0.3) is 39.8 Å². The molecule has 0 amide bonds. The van der Waals surface area contributed by atoms with Crippen molar-refractivity contribution in [1.82, 2.24) is 39.5 Å². The molecule has 0 radical (unpaired) electrons. The topological polar surface area (TPSA) is 126 Å². The Bertz CT molecular complexity index is 1670. The van der Waals surface area contributed by atoms with E-state index in [1.165, 1.54) is 17.4 Å². The van der Waals surface area contributed by atoms with Crippen molar-refractivity contribution in [2.45, 2.75) is 18.9 Å². The van der Waals surface area contributed by atoms with E-state index in [2.05, 4.69) is 38.5 Å². The largest absolute Gasteiger partial charge is 0.443 e. The minimum atomic E-state index is 0.185. The highest BCUT2D eigenvalue weighted by Crippen LogP contribution is 2.37. The molecule has 5 aromatic heterocycles. The zero-order valence-corrected chi connectivity index (χ0v) is 18.5. The number of benzene rings is 1. The first kappa shape index (κ1) is 19.6. The quantitative estimate of drug-likeness (QED) is 0.419. The molecule has 10 nitrogen and oxygen atoms in total. The molecule has 1 atom stereocenters. The highest BCUT2D eigenvalue weighted by atomic mass is 16.3. The highest BCUT2D eigenvalue weighted by molar-refractivity contribution is 5.84. The average molecular weight is 461 g/mol. The number of imidazole rings is 1. The van der Waals surface area contributed by atoms with Crippen LogP contribution in [0.4, 0.5) is 5.82 Å². The van der Waals surface area contributed by atoms with Gasteiger partial charge in [0.05, 0.1) is 24.0 Å². The first-order chi connectivity index (χ1) is 17.3. The predicted octanol–water partition coefficient (Wildman–Crippen LogP) is 3.85. The molecule has 1 aliphatic carbocycles. The van der Waals surface area contributed by atoms with Crippen molar-refractivity contribution in [3.63, 3.8) is 0 Å². The monoisotopic (exact) mass is 461 g/mol. The summed E-state index contributed by atoms with van der Waals surface area (Å²) in [6.45, 7) is 0. The standard InChI is InChI=1S/C25H19N9O/c26-22-18(2-1-9-27-22)23-30-19-6-7-20(25-28-11-13-35-25)31-24(19)34(23)16-4-5-17-15(14-16)3-8-21(17)33-12-10-29-32-33/h1-2,4-7,9-14,21H,3,8H2,(H2,26,27)/t21-/m0/s1. The van der Waals surface area contributed by atoms with E-state index in [4.69, 9.17) is 20.1 Å². The molecule has 1 aromatic carbocycles. The summed E-state index contributed by atoms with van der Waals surface area (Å²) >= 11 is 0. The number of aryl methyl sites for hydroxylation is 1. The Kier molecular flexibility index (Phi) is 4.25. The van der Waals surface area contributed by atoms with Gasteiger partial charge in [-0.15, -0.1) is 5.10 Å². The fourth-order valence-corrected chi connectivity index (χ4v) is 4.84. The Hall–Kier alpha value is -4.86. The van der Waals surface area contributed by atoms with Crippen LogP contribution in [-0.4, -0.2) is 39.5 Å². The number of oxazole rings is 1. The van der Waals surface area contributed by atoms with Gasteiger partial charge in [-0.1, -0.05) is 11.3 Å². The minimum Gasteiger partial charge on any atom is -0.443 e. The number of fused-ring (bicyclic) bond motifs is 2. The van der Waals surface area contributed by atoms with Gasteiger partial charge in [-0.25, -0.2) is 24.6 Å². The van der Waals surface area contributed by atoms with Gasteiger partial charge >= 0.3 is 0 Å². The molecule has 2 N–H and O–H groups in total. The van der Waals surface area contributed by atoms with Crippen LogP contribution in [0.2, 0.25) is 0 Å². The van der Waals surface area contributed by atoms with Crippen molar-refractivity contribution in [3.8, 4) is 28.7 Å². The molecule has 5 heterocycles. The van der Waals surface area contributed by atoms with E-state index >= 15 is 0 Å². The summed E-state index contributed by atoms with van der Waals surface area (Å²) in [6, 6.07) is 14.2. The van der Waals surface area contributed by atoms with Crippen LogP contribution < -0.4 is 5.73 Å². The maximum atomic E-state index is 6.27. The van der Waals surface area contributed by atoms with Crippen molar-refractivity contribution in [2.24, 2.45) is 0 Å². The SMILES string of the molecule is Nc1ncccc1-c1nc2ccc(-c3ncco3)nc2n1-c1ccc2c(c1)CC[C@@H]2n1ccnn1. The normalized spacial score (nSPS) is 15.0. The lowest BCUT2D eigenvalue weighted by Gasteiger charge is -2.14. The molecule has 0 spiro atoms. The molecule has 0 saturated heterocycles. The first-order valence-corrected chi connectivity index (χ1v) is 11.3. The number of nitrogen functional groups attached to an aromatic ring is 1. The Morgan fingerprint density at radius 1 is 1.00 bits per heavy atom. The number of nitrogens with two attached hydrogens (primary N) is 1. The number of hydrogen-bond acceptors (Lipinski definition) is 8. The van der Waals surface area contributed by atoms with E-state index in [0.717, 1.165) is 29.6 Å². The molecule has 0 unspecified atom stereocenters. The van der Waals surface area contributed by atoms with Crippen molar-refractivity contribution < 1.29 is 4.42 Å². The third-order valence-electron chi connectivity index (χ3n) is 6.43. The van der Waals surface area contributed by atoms with Crippen LogP contribution in [-0.2, 0) is 6.42 Å². The van der Waals surface area contributed by atoms with Crippen LogP contribution in [0, 0.1) is 0 Å². The predicted molar refractivity (Wildman–Crippen MR) is 128 cm³/mol. The third kappa shape index (κ3) is 3.11. The molecule has 35 heavy (non-hydrogen) atoms. The fraction of sp³-hybridized carbons (Fsp3) is 0.120. The van der Waals surface area contributed by atoms with Gasteiger partial charge in [-0.05, 0) is 60.4 Å². The van der Waals surface area contributed by atoms with Gasteiger partial charge in [0.1, 0.15) is 23.3 Å². The van der Waals surface area contributed by atoms with Crippen molar-refractivity contribution in [3.05, 3.63) is 84.6 Å². The van der Waals surface area contributed by atoms with Crippen LogP contribution in [0.3, 0.4) is 0 Å². The number of aromatic nitrogens is 8. The molecule has 1 aliphatic rings. The molecule has 7 rings (SSSR count). The molecular weight excluding hydrogens is 442 g/mol. The van der Waals surface area contributed by atoms with E-state index in [1.807, 2.05) is 39.7 Å². The first-order valence-electron chi connectivity index (χ1n) is 11.3. The second-order valence-electron chi connectivity index (χ2n) is 8.40. The molecular formula is C25H19N9O. The van der Waals surface area contributed by atoms with Gasteiger partial charge in [-0.2, -0.15) is 0 Å². The summed E-state index contributed by atoms with van der Waals surface area (Å²) in [4.78, 5) is 18.3. The maximum absolute atomic E-state index is 6.27. The van der Waals surface area contributed by atoms with E-state index < -0.39 is 0 Å². The van der Waals surface area contributed by atoms with Gasteiger partial charge in [-0.3, -0.25) is 4.57 Å². The summed E-state index contributed by atoms with van der Waals surface area (Å²) in [5.41, 5.74) is 12.5. The second-order valence-corrected chi connectivity index (χ2v) is 8.40. The van der Waals surface area contributed by atoms with E-state index in [1.54, 1.807) is 18.6 Å². The lowest BCUT2D eigenvalue weighted by molar-refractivity contribution is 0.504. The Labute approximate surface area is 199 Å². The summed E-state index contributed by atoms with van der Waals surface area (Å²) in [7, 11) is 0. The zero-order valence-electron chi connectivity index (χ0n) is 18.5. The maximum Gasteiger partial charge on any atom is 0.245 e. The molecule has 0 bridgehead atoms. The number of rotatable bonds is 4. The number of pyridine rings is 2. The smallest absolute Gasteiger partial charge is 0.245 e. The average Bonchev–Trinajstić information content (AvgIpc) is 3.69. The lowest BCUT2D eigenvalue weighted by atomic mass is 10.1. The van der Waals surface area contributed by atoms with Crippen molar-refractivity contribution in [2.75, 3.05) is 5.73 Å². The molecule has 0 fully saturated rings. The summed E-state index contributed by atoms with van der Waals surface area (Å²) in [5, 5.41) is 8.19. The van der Waals surface area contributed by atoms with Gasteiger partial charge < -0.3 is 10.2 Å². The Balaban J connectivity index is 1.44. The number of nitrogens with zero attached hydrogens (tertiary/aromatic N) is 8. The number of anilines is 1. The van der Waals surface area contributed by atoms with Gasteiger partial charge in [0, 0.05) is 18.1 Å². The summed E-state index contributed by atoms with van der Waals surface area (Å²) in [5.74, 6) is 1.53. The van der Waals surface area contributed by atoms with E-state index in [0.29, 0.717) is 28.9 Å². The molecule has 0 saturated carbocycles. The summed E-state index contributed by atoms with van der Waals surface area (Å²) in [6.07, 6.45) is 10.4. The minimum absolute atomic E-state index is 0.185. The second kappa shape index (κ2) is 7.59. The fourth-order valence-electron chi connectivity index (χ4n) is 4.84. The van der Waals surface area contributed by atoms with E-state index in [9.17, 15) is 0 Å². The van der Waals surface area contributed by atoms with Gasteiger partial charge in [0.15, 0.2) is 11.5 Å². The number of hydrogen-bond donors (Lipinski definition) is 1. The molecule has 6 aromatic rings. The van der Waals surface area contributed by atoms with Crippen LogP contribution in [0.1, 0.15) is 23.6 Å².